The number of carbonyl (C=O) groups is 4. The number of nitrogens with zero attached hydrogens (tertiary/aromatic N) is 3. The number of anilines is 1. The lowest BCUT2D eigenvalue weighted by atomic mass is 9.76. The molecule has 1 spiro atoms. The Kier molecular flexibility index (Phi) is 6.85. The van der Waals surface area contributed by atoms with Crippen LogP contribution in [0.3, 0.4) is 0 Å². The molecular formula is C33H36F5N5O4. The highest BCUT2D eigenvalue weighted by Gasteiger charge is 2.66. The Morgan fingerprint density at radius 3 is 2.45 bits per heavy atom. The van der Waals surface area contributed by atoms with Gasteiger partial charge in [0, 0.05) is 19.5 Å². The molecule has 14 heteroatoms. The third-order valence-electron chi connectivity index (χ3n) is 11.7. The van der Waals surface area contributed by atoms with Crippen molar-refractivity contribution < 1.29 is 41.1 Å². The Bertz CT molecular complexity index is 1620. The van der Waals surface area contributed by atoms with Crippen molar-refractivity contribution in [1.82, 2.24) is 15.1 Å². The standard InChI is InChI=1S/C33H36F5N5O4/c1-30(2,3)25(41-29(47)32(36)12-33(37,38)13-32)27(45)42-11-18-15-7-17(21(35)8-15)22(18)24(42)26(44)43-14-31(9-16(43)10-39)19-5-4-6-20(34)23(19)40-28(31)46/h4-6,15-18,21-22,24-25H,7-9,11-14H2,1-3H3,(H,40,46)(H,41,47)/t15-,16-,17+,18?,21+,22-,24-,25+,31-/m0/s1. The van der Waals surface area contributed by atoms with Gasteiger partial charge in [-0.3, -0.25) is 19.2 Å². The average molecular weight is 662 g/mol. The number of amides is 4. The van der Waals surface area contributed by atoms with Crippen molar-refractivity contribution in [2.45, 2.75) is 94.2 Å². The second-order valence-corrected chi connectivity index (χ2v) is 15.5. The summed E-state index contributed by atoms with van der Waals surface area (Å²) in [5.41, 5.74) is -5.03. The molecule has 47 heavy (non-hydrogen) atoms. The van der Waals surface area contributed by atoms with Crippen LogP contribution in [0.4, 0.5) is 27.6 Å². The molecule has 2 N–H and O–H groups in total. The number of para-hydroxylation sites is 1. The zero-order valence-corrected chi connectivity index (χ0v) is 26.2. The van der Waals surface area contributed by atoms with Gasteiger partial charge in [-0.1, -0.05) is 32.9 Å². The molecule has 3 aliphatic heterocycles. The van der Waals surface area contributed by atoms with E-state index in [2.05, 4.69) is 16.7 Å². The lowest BCUT2D eigenvalue weighted by molar-refractivity contribution is -0.185. The van der Waals surface area contributed by atoms with Crippen molar-refractivity contribution in [3.8, 4) is 6.07 Å². The van der Waals surface area contributed by atoms with Crippen molar-refractivity contribution in [2.75, 3.05) is 18.4 Å². The largest absolute Gasteiger partial charge is 0.341 e. The third-order valence-corrected chi connectivity index (χ3v) is 11.7. The number of carbonyl (C=O) groups excluding carboxylic acids is 4. The molecule has 0 radical (unpaired) electrons. The summed E-state index contributed by atoms with van der Waals surface area (Å²) in [6.45, 7) is 4.61. The Balaban J connectivity index is 1.22. The molecule has 4 amide bonds. The van der Waals surface area contributed by atoms with Crippen LogP contribution in [0.5, 0.6) is 0 Å². The minimum absolute atomic E-state index is 0.0202. The molecule has 2 bridgehead atoms. The highest BCUT2D eigenvalue weighted by molar-refractivity contribution is 6.07. The summed E-state index contributed by atoms with van der Waals surface area (Å²) in [7, 11) is 0. The Morgan fingerprint density at radius 2 is 1.81 bits per heavy atom. The monoisotopic (exact) mass is 661 g/mol. The Morgan fingerprint density at radius 1 is 1.11 bits per heavy atom. The average Bonchev–Trinajstić information content (AvgIpc) is 3.77. The van der Waals surface area contributed by atoms with Gasteiger partial charge in [-0.05, 0) is 53.6 Å². The van der Waals surface area contributed by atoms with E-state index < -0.39 is 101 Å². The molecule has 0 aromatic heterocycles. The first-order valence-electron chi connectivity index (χ1n) is 16.0. The van der Waals surface area contributed by atoms with E-state index in [1.54, 1.807) is 26.8 Å². The highest BCUT2D eigenvalue weighted by Crippen LogP contribution is 2.59. The van der Waals surface area contributed by atoms with Crippen LogP contribution in [-0.4, -0.2) is 82.4 Å². The van der Waals surface area contributed by atoms with Crippen molar-refractivity contribution in [2.24, 2.45) is 29.1 Å². The maximum atomic E-state index is 15.3. The van der Waals surface area contributed by atoms with E-state index in [0.29, 0.717) is 12.0 Å². The van der Waals surface area contributed by atoms with Crippen LogP contribution in [-0.2, 0) is 24.6 Å². The number of nitriles is 1. The third kappa shape index (κ3) is 4.58. The zero-order valence-electron chi connectivity index (χ0n) is 26.2. The molecule has 9 nitrogen and oxygen atoms in total. The first-order valence-corrected chi connectivity index (χ1v) is 16.0. The maximum absolute atomic E-state index is 15.3. The van der Waals surface area contributed by atoms with Gasteiger partial charge in [-0.25, -0.2) is 22.0 Å². The number of nitrogens with one attached hydrogen (secondary N) is 2. The van der Waals surface area contributed by atoms with Crippen LogP contribution in [0.15, 0.2) is 18.2 Å². The summed E-state index contributed by atoms with van der Waals surface area (Å²) in [6, 6.07) is 2.48. The normalized spacial score (nSPS) is 36.4. The molecule has 252 valence electrons. The molecule has 7 rings (SSSR count). The molecule has 3 saturated carbocycles. The van der Waals surface area contributed by atoms with Gasteiger partial charge < -0.3 is 20.4 Å². The van der Waals surface area contributed by atoms with Gasteiger partial charge in [0.25, 0.3) is 11.8 Å². The van der Waals surface area contributed by atoms with E-state index in [-0.39, 0.29) is 43.5 Å². The summed E-state index contributed by atoms with van der Waals surface area (Å²) in [5, 5.41) is 15.1. The minimum atomic E-state index is -3.34. The molecule has 6 aliphatic rings. The SMILES string of the molecule is CC(C)(C)[C@H](NC(=O)C1(F)CC(F)(F)C1)C(=O)N1CC2[C@H]3C[C@@H]([C@@H]2[C@H]1C(=O)N1C[C@]2(C[C@H]1C#N)C(=O)Nc1c(F)cccc12)[C@H](F)C3. The fourth-order valence-corrected chi connectivity index (χ4v) is 9.44. The van der Waals surface area contributed by atoms with Crippen molar-refractivity contribution >= 4 is 29.3 Å². The number of benzene rings is 1. The van der Waals surface area contributed by atoms with E-state index in [0.717, 1.165) is 0 Å². The van der Waals surface area contributed by atoms with Crippen LogP contribution in [0.1, 0.15) is 58.4 Å². The minimum Gasteiger partial charge on any atom is -0.341 e. The number of alkyl halides is 4. The van der Waals surface area contributed by atoms with Crippen molar-refractivity contribution in [1.29, 1.82) is 5.26 Å². The predicted octanol–water partition coefficient (Wildman–Crippen LogP) is 3.63. The molecule has 3 heterocycles. The van der Waals surface area contributed by atoms with Crippen LogP contribution in [0.2, 0.25) is 0 Å². The van der Waals surface area contributed by atoms with E-state index >= 15 is 8.78 Å². The van der Waals surface area contributed by atoms with E-state index in [1.807, 2.05) is 0 Å². The summed E-state index contributed by atoms with van der Waals surface area (Å²) >= 11 is 0. The predicted molar refractivity (Wildman–Crippen MR) is 155 cm³/mol. The van der Waals surface area contributed by atoms with Gasteiger partial charge in [0.2, 0.25) is 17.7 Å². The van der Waals surface area contributed by atoms with E-state index in [1.165, 1.54) is 21.9 Å². The number of hydrogen-bond donors (Lipinski definition) is 2. The molecule has 5 fully saturated rings. The van der Waals surface area contributed by atoms with Crippen LogP contribution >= 0.6 is 0 Å². The fraction of sp³-hybridized carbons (Fsp3) is 0.667. The highest BCUT2D eigenvalue weighted by atomic mass is 19.3. The number of likely N-dealkylation sites (tertiary alicyclic amines) is 2. The smallest absolute Gasteiger partial charge is 0.258 e. The topological polar surface area (TPSA) is 123 Å². The molecular weight excluding hydrogens is 625 g/mol. The van der Waals surface area contributed by atoms with Crippen LogP contribution in [0, 0.1) is 46.2 Å². The molecule has 1 aromatic rings. The summed E-state index contributed by atoms with van der Waals surface area (Å²) in [4.78, 5) is 57.9. The van der Waals surface area contributed by atoms with E-state index in [9.17, 15) is 37.6 Å². The maximum Gasteiger partial charge on any atom is 0.258 e. The number of halogens is 5. The van der Waals surface area contributed by atoms with E-state index in [4.69, 9.17) is 0 Å². The first kappa shape index (κ1) is 31.8. The van der Waals surface area contributed by atoms with Crippen molar-refractivity contribution in [3.05, 3.63) is 29.6 Å². The summed E-state index contributed by atoms with van der Waals surface area (Å²) in [5.74, 6) is -8.80. The summed E-state index contributed by atoms with van der Waals surface area (Å²) < 4.78 is 72.2. The first-order chi connectivity index (χ1) is 21.9. The number of rotatable bonds is 4. The van der Waals surface area contributed by atoms with Crippen LogP contribution < -0.4 is 10.6 Å². The molecule has 3 aliphatic carbocycles. The molecule has 1 aromatic carbocycles. The van der Waals surface area contributed by atoms with Gasteiger partial charge in [-0.15, -0.1) is 0 Å². The lowest BCUT2D eigenvalue weighted by Crippen LogP contribution is -2.64. The number of fused-ring (bicyclic) bond motifs is 7. The van der Waals surface area contributed by atoms with Crippen LogP contribution in [0.25, 0.3) is 0 Å². The zero-order chi connectivity index (χ0) is 34.0. The van der Waals surface area contributed by atoms with Gasteiger partial charge in [-0.2, -0.15) is 5.26 Å². The fourth-order valence-electron chi connectivity index (χ4n) is 9.44. The Labute approximate surface area is 268 Å². The lowest BCUT2D eigenvalue weighted by Gasteiger charge is -2.42. The Hall–Kier alpha value is -3.76. The second-order valence-electron chi connectivity index (χ2n) is 15.5. The van der Waals surface area contributed by atoms with Crippen molar-refractivity contribution in [3.63, 3.8) is 0 Å². The molecule has 9 atom stereocenters. The molecule has 1 unspecified atom stereocenters. The quantitative estimate of drug-likeness (QED) is 0.478. The van der Waals surface area contributed by atoms with Gasteiger partial charge in [0.05, 0.1) is 30.0 Å². The van der Waals surface area contributed by atoms with Gasteiger partial charge >= 0.3 is 0 Å². The van der Waals surface area contributed by atoms with Gasteiger partial charge in [0.15, 0.2) is 5.67 Å². The number of hydrogen-bond acceptors (Lipinski definition) is 5. The second kappa shape index (κ2) is 10.1. The van der Waals surface area contributed by atoms with Gasteiger partial charge in [0.1, 0.15) is 30.1 Å². The summed E-state index contributed by atoms with van der Waals surface area (Å²) in [6.07, 6.45) is -3.12. The molecule has 2 saturated heterocycles.